The molecule has 3 fully saturated rings. The molecule has 2 saturated heterocycles. The molecule has 0 radical (unpaired) electrons. The highest BCUT2D eigenvalue weighted by Crippen LogP contribution is 2.33. The van der Waals surface area contributed by atoms with Crippen LogP contribution in [0.15, 0.2) is 24.3 Å². The number of hydrogen-bond acceptors (Lipinski definition) is 4. The van der Waals surface area contributed by atoms with Crippen LogP contribution < -0.4 is 10.6 Å². The van der Waals surface area contributed by atoms with Crippen molar-refractivity contribution < 1.29 is 9.59 Å². The summed E-state index contributed by atoms with van der Waals surface area (Å²) < 4.78 is 0. The van der Waals surface area contributed by atoms with Crippen molar-refractivity contribution in [3.63, 3.8) is 0 Å². The summed E-state index contributed by atoms with van der Waals surface area (Å²) >= 11 is 0. The van der Waals surface area contributed by atoms with E-state index in [1.54, 1.807) is 0 Å². The van der Waals surface area contributed by atoms with Gasteiger partial charge in [-0.1, -0.05) is 25.0 Å². The third-order valence-electron chi connectivity index (χ3n) is 6.61. The van der Waals surface area contributed by atoms with E-state index in [-0.39, 0.29) is 17.9 Å². The predicted molar refractivity (Wildman–Crippen MR) is 110 cm³/mol. The first-order valence-electron chi connectivity index (χ1n) is 10.7. The lowest BCUT2D eigenvalue weighted by atomic mass is 9.85. The number of piperazine rings is 1. The number of fused-ring (bicyclic) bond motifs is 1. The number of hydrogen-bond donors (Lipinski definition) is 2. The predicted octanol–water partition coefficient (Wildman–Crippen LogP) is 1.86. The van der Waals surface area contributed by atoms with Crippen LogP contribution in [0.25, 0.3) is 0 Å². The third-order valence-corrected chi connectivity index (χ3v) is 6.61. The maximum absolute atomic E-state index is 12.6. The standard InChI is InChI=1S/C22H32N4O2/c1-25-10-12-26(13-11-25)21(27)14-16-6-8-18(9-7-16)23-22(28)20-15-17-4-2-3-5-19(17)24-20/h6-9,17,19-20,24H,2-5,10-15H2,1H3,(H,23,28). The van der Waals surface area contributed by atoms with Gasteiger partial charge < -0.3 is 20.4 Å². The lowest BCUT2D eigenvalue weighted by Gasteiger charge is -2.32. The van der Waals surface area contributed by atoms with E-state index in [2.05, 4.69) is 22.6 Å². The van der Waals surface area contributed by atoms with E-state index in [9.17, 15) is 9.59 Å². The maximum atomic E-state index is 12.6. The zero-order chi connectivity index (χ0) is 19.5. The molecule has 4 rings (SSSR count). The van der Waals surface area contributed by atoms with Crippen LogP contribution in [0.5, 0.6) is 0 Å². The van der Waals surface area contributed by atoms with Crippen molar-refractivity contribution in [1.29, 1.82) is 0 Å². The first-order valence-corrected chi connectivity index (χ1v) is 10.7. The van der Waals surface area contributed by atoms with Gasteiger partial charge in [-0.3, -0.25) is 9.59 Å². The average Bonchev–Trinajstić information content (AvgIpc) is 3.14. The van der Waals surface area contributed by atoms with Gasteiger partial charge in [-0.15, -0.1) is 0 Å². The Hall–Kier alpha value is -1.92. The zero-order valence-corrected chi connectivity index (χ0v) is 16.8. The second-order valence-electron chi connectivity index (χ2n) is 8.65. The molecule has 1 saturated carbocycles. The number of benzene rings is 1. The molecule has 28 heavy (non-hydrogen) atoms. The molecule has 6 heteroatoms. The summed E-state index contributed by atoms with van der Waals surface area (Å²) in [5, 5.41) is 6.56. The number of amides is 2. The normalized spacial score (nSPS) is 28.0. The van der Waals surface area contributed by atoms with E-state index in [1.807, 2.05) is 29.2 Å². The van der Waals surface area contributed by atoms with Crippen molar-refractivity contribution >= 4 is 17.5 Å². The number of nitrogens with zero attached hydrogens (tertiary/aromatic N) is 2. The minimum Gasteiger partial charge on any atom is -0.340 e. The summed E-state index contributed by atoms with van der Waals surface area (Å²) in [6.07, 6.45) is 6.39. The number of carbonyl (C=O) groups excluding carboxylic acids is 2. The first-order chi connectivity index (χ1) is 13.6. The van der Waals surface area contributed by atoms with Crippen LogP contribution in [0.1, 0.15) is 37.7 Å². The number of likely N-dealkylation sites (N-methyl/N-ethyl adjacent to an activating group) is 1. The van der Waals surface area contributed by atoms with Gasteiger partial charge in [-0.05, 0) is 49.9 Å². The maximum Gasteiger partial charge on any atom is 0.241 e. The Morgan fingerprint density at radius 3 is 2.50 bits per heavy atom. The summed E-state index contributed by atoms with van der Waals surface area (Å²) in [7, 11) is 2.09. The lowest BCUT2D eigenvalue weighted by molar-refractivity contribution is -0.132. The van der Waals surface area contributed by atoms with E-state index in [4.69, 9.17) is 0 Å². The molecule has 3 unspecified atom stereocenters. The molecule has 2 amide bonds. The van der Waals surface area contributed by atoms with Crippen LogP contribution in [0.3, 0.4) is 0 Å². The monoisotopic (exact) mass is 384 g/mol. The second-order valence-corrected chi connectivity index (χ2v) is 8.65. The Morgan fingerprint density at radius 1 is 1.07 bits per heavy atom. The minimum atomic E-state index is -0.0772. The Labute approximate surface area is 167 Å². The van der Waals surface area contributed by atoms with Crippen molar-refractivity contribution in [3.8, 4) is 0 Å². The number of rotatable bonds is 4. The molecule has 2 aliphatic heterocycles. The Balaban J connectivity index is 1.27. The summed E-state index contributed by atoms with van der Waals surface area (Å²) in [4.78, 5) is 29.3. The molecule has 2 heterocycles. The van der Waals surface area contributed by atoms with Crippen molar-refractivity contribution in [2.75, 3.05) is 38.5 Å². The van der Waals surface area contributed by atoms with E-state index >= 15 is 0 Å². The molecular formula is C22H32N4O2. The molecule has 152 valence electrons. The van der Waals surface area contributed by atoms with E-state index in [0.717, 1.165) is 43.9 Å². The summed E-state index contributed by atoms with van der Waals surface area (Å²) in [6.45, 7) is 3.49. The summed E-state index contributed by atoms with van der Waals surface area (Å²) in [6, 6.07) is 8.16. The lowest BCUT2D eigenvalue weighted by Crippen LogP contribution is -2.47. The summed E-state index contributed by atoms with van der Waals surface area (Å²) in [5.74, 6) is 0.908. The van der Waals surface area contributed by atoms with E-state index in [1.165, 1.54) is 25.7 Å². The fourth-order valence-corrected chi connectivity index (χ4v) is 4.80. The molecular weight excluding hydrogens is 352 g/mol. The van der Waals surface area contributed by atoms with Crippen LogP contribution in [-0.4, -0.2) is 66.9 Å². The number of nitrogens with one attached hydrogen (secondary N) is 2. The number of anilines is 1. The SMILES string of the molecule is CN1CCN(C(=O)Cc2ccc(NC(=O)C3CC4CCCCC4N3)cc2)CC1. The quantitative estimate of drug-likeness (QED) is 0.832. The van der Waals surface area contributed by atoms with Crippen molar-refractivity contribution in [2.45, 2.75) is 50.6 Å². The Kier molecular flexibility index (Phi) is 5.97. The van der Waals surface area contributed by atoms with Crippen LogP contribution in [-0.2, 0) is 16.0 Å². The molecule has 0 aromatic heterocycles. The second kappa shape index (κ2) is 8.62. The average molecular weight is 385 g/mol. The molecule has 1 aromatic carbocycles. The van der Waals surface area contributed by atoms with Gasteiger partial charge >= 0.3 is 0 Å². The van der Waals surface area contributed by atoms with Gasteiger partial charge in [-0.25, -0.2) is 0 Å². The largest absolute Gasteiger partial charge is 0.340 e. The molecule has 1 aliphatic carbocycles. The Morgan fingerprint density at radius 2 is 1.79 bits per heavy atom. The van der Waals surface area contributed by atoms with Gasteiger partial charge in [0.1, 0.15) is 0 Å². The van der Waals surface area contributed by atoms with Gasteiger partial charge in [0.15, 0.2) is 0 Å². The first kappa shape index (κ1) is 19.4. The van der Waals surface area contributed by atoms with E-state index < -0.39 is 0 Å². The molecule has 2 N–H and O–H groups in total. The van der Waals surface area contributed by atoms with Gasteiger partial charge in [0.25, 0.3) is 0 Å². The number of carbonyl (C=O) groups is 2. The molecule has 1 aromatic rings. The fourth-order valence-electron chi connectivity index (χ4n) is 4.80. The van der Waals surface area contributed by atoms with Crippen LogP contribution in [0.4, 0.5) is 5.69 Å². The summed E-state index contributed by atoms with van der Waals surface area (Å²) in [5.41, 5.74) is 1.80. The van der Waals surface area contributed by atoms with Crippen LogP contribution in [0, 0.1) is 5.92 Å². The van der Waals surface area contributed by atoms with Crippen molar-refractivity contribution in [1.82, 2.24) is 15.1 Å². The van der Waals surface area contributed by atoms with Gasteiger partial charge in [-0.2, -0.15) is 0 Å². The highest BCUT2D eigenvalue weighted by atomic mass is 16.2. The zero-order valence-electron chi connectivity index (χ0n) is 16.8. The highest BCUT2D eigenvalue weighted by Gasteiger charge is 2.38. The smallest absolute Gasteiger partial charge is 0.241 e. The van der Waals surface area contributed by atoms with Crippen LogP contribution in [0.2, 0.25) is 0 Å². The molecule has 0 spiro atoms. The van der Waals surface area contributed by atoms with Gasteiger partial charge in [0, 0.05) is 37.9 Å². The van der Waals surface area contributed by atoms with Crippen molar-refractivity contribution in [2.24, 2.45) is 5.92 Å². The highest BCUT2D eigenvalue weighted by molar-refractivity contribution is 5.95. The van der Waals surface area contributed by atoms with Gasteiger partial charge in [0.2, 0.25) is 11.8 Å². The molecule has 3 aliphatic rings. The van der Waals surface area contributed by atoms with E-state index in [0.29, 0.717) is 18.4 Å². The molecule has 0 bridgehead atoms. The minimum absolute atomic E-state index is 0.0654. The third kappa shape index (κ3) is 4.55. The van der Waals surface area contributed by atoms with Crippen LogP contribution >= 0.6 is 0 Å². The Bertz CT molecular complexity index is 683. The molecule has 3 atom stereocenters. The van der Waals surface area contributed by atoms with Gasteiger partial charge in [0.05, 0.1) is 12.5 Å². The van der Waals surface area contributed by atoms with Crippen molar-refractivity contribution in [3.05, 3.63) is 29.8 Å². The fraction of sp³-hybridized carbons (Fsp3) is 0.636. The topological polar surface area (TPSA) is 64.7 Å². The molecule has 6 nitrogen and oxygen atoms in total.